The van der Waals surface area contributed by atoms with Gasteiger partial charge < -0.3 is 0 Å². The number of nitrogen functional groups attached to an aromatic ring is 1. The van der Waals surface area contributed by atoms with E-state index in [4.69, 9.17) is 5.84 Å². The van der Waals surface area contributed by atoms with Crippen molar-refractivity contribution in [2.24, 2.45) is 5.84 Å². The number of benzene rings is 2. The van der Waals surface area contributed by atoms with Crippen LogP contribution in [0.2, 0.25) is 0 Å². The first-order chi connectivity index (χ1) is 9.69. The van der Waals surface area contributed by atoms with E-state index in [9.17, 15) is 4.79 Å². The Morgan fingerprint density at radius 3 is 2.60 bits per heavy atom. The normalized spacial score (nSPS) is 10.7. The number of aryl methyl sites for hydroxylation is 1. The predicted octanol–water partition coefficient (Wildman–Crippen LogP) is 3.48. The fourth-order valence-electron chi connectivity index (χ4n) is 2.26. The van der Waals surface area contributed by atoms with Crippen molar-refractivity contribution < 1.29 is 4.79 Å². The number of hydrazine groups is 1. The van der Waals surface area contributed by atoms with Crippen molar-refractivity contribution in [3.63, 3.8) is 0 Å². The van der Waals surface area contributed by atoms with E-state index < -0.39 is 0 Å². The van der Waals surface area contributed by atoms with Crippen LogP contribution in [0.15, 0.2) is 47.8 Å². The van der Waals surface area contributed by atoms with E-state index in [0.717, 1.165) is 21.2 Å². The van der Waals surface area contributed by atoms with Crippen molar-refractivity contribution >= 4 is 27.3 Å². The summed E-state index contributed by atoms with van der Waals surface area (Å²) in [6.07, 6.45) is 0. The standard InChI is InChI=1S/C16H14N2OS/c1-10-2-4-11(5-3-10)14-8-12(16(19)18-17)9-15-13(14)6-7-20-15/h2-9H,17H2,1H3,(H,18,19). The Bertz CT molecular complexity index is 775. The zero-order valence-electron chi connectivity index (χ0n) is 11.0. The van der Waals surface area contributed by atoms with Crippen LogP contribution in [0.5, 0.6) is 0 Å². The topological polar surface area (TPSA) is 55.1 Å². The monoisotopic (exact) mass is 282 g/mol. The van der Waals surface area contributed by atoms with Gasteiger partial charge in [-0.2, -0.15) is 0 Å². The molecule has 20 heavy (non-hydrogen) atoms. The third-order valence-corrected chi connectivity index (χ3v) is 4.19. The molecule has 0 saturated carbocycles. The van der Waals surface area contributed by atoms with Gasteiger partial charge in [-0.15, -0.1) is 11.3 Å². The fraction of sp³-hybridized carbons (Fsp3) is 0.0625. The maximum Gasteiger partial charge on any atom is 0.265 e. The number of carbonyl (C=O) groups is 1. The molecule has 0 unspecified atom stereocenters. The van der Waals surface area contributed by atoms with Gasteiger partial charge in [0.2, 0.25) is 0 Å². The average Bonchev–Trinajstić information content (AvgIpc) is 2.94. The third kappa shape index (κ3) is 2.19. The van der Waals surface area contributed by atoms with Gasteiger partial charge in [0, 0.05) is 15.6 Å². The van der Waals surface area contributed by atoms with Crippen LogP contribution in [0, 0.1) is 6.92 Å². The highest BCUT2D eigenvalue weighted by Crippen LogP contribution is 2.33. The molecule has 1 aromatic heterocycles. The van der Waals surface area contributed by atoms with Crippen LogP contribution in [-0.2, 0) is 0 Å². The molecule has 0 saturated heterocycles. The molecule has 0 radical (unpaired) electrons. The summed E-state index contributed by atoms with van der Waals surface area (Å²) in [5.41, 5.74) is 6.15. The second-order valence-corrected chi connectivity index (χ2v) is 5.64. The Morgan fingerprint density at radius 1 is 1.15 bits per heavy atom. The molecule has 100 valence electrons. The number of hydrogen-bond acceptors (Lipinski definition) is 3. The van der Waals surface area contributed by atoms with E-state index in [2.05, 4.69) is 42.7 Å². The van der Waals surface area contributed by atoms with E-state index in [1.165, 1.54) is 5.56 Å². The first-order valence-corrected chi connectivity index (χ1v) is 7.16. The molecule has 1 heterocycles. The smallest absolute Gasteiger partial charge is 0.265 e. The van der Waals surface area contributed by atoms with Crippen LogP contribution >= 0.6 is 11.3 Å². The SMILES string of the molecule is Cc1ccc(-c2cc(C(=O)NN)cc3sccc23)cc1. The molecule has 0 aliphatic heterocycles. The lowest BCUT2D eigenvalue weighted by Gasteiger charge is -2.08. The molecule has 1 amide bonds. The second-order valence-electron chi connectivity index (χ2n) is 4.70. The van der Waals surface area contributed by atoms with Crippen molar-refractivity contribution in [1.29, 1.82) is 0 Å². The Kier molecular flexibility index (Phi) is 3.26. The lowest BCUT2D eigenvalue weighted by Crippen LogP contribution is -2.29. The van der Waals surface area contributed by atoms with Gasteiger partial charge in [-0.25, -0.2) is 5.84 Å². The van der Waals surface area contributed by atoms with Crippen LogP contribution in [0.25, 0.3) is 21.2 Å². The Labute approximate surface area is 121 Å². The molecule has 0 aliphatic rings. The van der Waals surface area contributed by atoms with Crippen molar-refractivity contribution in [1.82, 2.24) is 5.43 Å². The Hall–Kier alpha value is -2.17. The van der Waals surface area contributed by atoms with Gasteiger partial charge >= 0.3 is 0 Å². The van der Waals surface area contributed by atoms with Gasteiger partial charge in [0.25, 0.3) is 5.91 Å². The van der Waals surface area contributed by atoms with E-state index in [0.29, 0.717) is 5.56 Å². The summed E-state index contributed by atoms with van der Waals surface area (Å²) in [6, 6.07) is 14.1. The lowest BCUT2D eigenvalue weighted by molar-refractivity contribution is 0.0954. The predicted molar refractivity (Wildman–Crippen MR) is 83.7 cm³/mol. The number of carbonyl (C=O) groups excluding carboxylic acids is 1. The maximum absolute atomic E-state index is 11.8. The molecule has 0 spiro atoms. The summed E-state index contributed by atoms with van der Waals surface area (Å²) >= 11 is 1.62. The molecule has 0 bridgehead atoms. The van der Waals surface area contributed by atoms with Crippen molar-refractivity contribution in [3.8, 4) is 11.1 Å². The minimum absolute atomic E-state index is 0.270. The van der Waals surface area contributed by atoms with Crippen molar-refractivity contribution in [2.75, 3.05) is 0 Å². The zero-order chi connectivity index (χ0) is 14.1. The van der Waals surface area contributed by atoms with E-state index >= 15 is 0 Å². The molecule has 2 aromatic carbocycles. The number of hydrogen-bond donors (Lipinski definition) is 2. The first-order valence-electron chi connectivity index (χ1n) is 6.28. The number of nitrogens with two attached hydrogens (primary N) is 1. The van der Waals surface area contributed by atoms with Crippen LogP contribution in [0.4, 0.5) is 0 Å². The Balaban J connectivity index is 2.24. The molecule has 0 fully saturated rings. The molecule has 0 aliphatic carbocycles. The molecule has 3 rings (SSSR count). The summed E-state index contributed by atoms with van der Waals surface area (Å²) in [5.74, 6) is 4.97. The van der Waals surface area contributed by atoms with E-state index in [1.807, 2.05) is 17.5 Å². The van der Waals surface area contributed by atoms with E-state index in [-0.39, 0.29) is 5.91 Å². The van der Waals surface area contributed by atoms with Crippen molar-refractivity contribution in [3.05, 3.63) is 59.0 Å². The summed E-state index contributed by atoms with van der Waals surface area (Å²) in [6.45, 7) is 2.06. The first kappa shape index (κ1) is 12.8. The molecular weight excluding hydrogens is 268 g/mol. The lowest BCUT2D eigenvalue weighted by atomic mass is 9.98. The second kappa shape index (κ2) is 5.07. The molecule has 3 N–H and O–H groups in total. The quantitative estimate of drug-likeness (QED) is 0.429. The van der Waals surface area contributed by atoms with Gasteiger partial charge in [0.15, 0.2) is 0 Å². The average molecular weight is 282 g/mol. The van der Waals surface area contributed by atoms with Crippen LogP contribution in [0.3, 0.4) is 0 Å². The highest BCUT2D eigenvalue weighted by Gasteiger charge is 2.11. The largest absolute Gasteiger partial charge is 0.290 e. The number of rotatable bonds is 2. The third-order valence-electron chi connectivity index (χ3n) is 3.33. The van der Waals surface area contributed by atoms with Gasteiger partial charge in [0.1, 0.15) is 0 Å². The molecule has 0 atom stereocenters. The minimum Gasteiger partial charge on any atom is -0.290 e. The van der Waals surface area contributed by atoms with Crippen LogP contribution in [0.1, 0.15) is 15.9 Å². The molecule has 3 nitrogen and oxygen atoms in total. The van der Waals surface area contributed by atoms with Gasteiger partial charge in [0.05, 0.1) is 0 Å². The minimum atomic E-state index is -0.270. The highest BCUT2D eigenvalue weighted by atomic mass is 32.1. The van der Waals surface area contributed by atoms with Crippen molar-refractivity contribution in [2.45, 2.75) is 6.92 Å². The Morgan fingerprint density at radius 2 is 1.90 bits per heavy atom. The summed E-state index contributed by atoms with van der Waals surface area (Å²) in [5, 5.41) is 3.19. The summed E-state index contributed by atoms with van der Waals surface area (Å²) < 4.78 is 1.08. The van der Waals surface area contributed by atoms with Gasteiger partial charge in [-0.3, -0.25) is 10.2 Å². The number of amides is 1. The molecular formula is C16H14N2OS. The zero-order valence-corrected chi connectivity index (χ0v) is 11.8. The number of nitrogens with one attached hydrogen (secondary N) is 1. The van der Waals surface area contributed by atoms with Crippen LogP contribution < -0.4 is 11.3 Å². The van der Waals surface area contributed by atoms with Crippen LogP contribution in [-0.4, -0.2) is 5.91 Å². The molecule has 3 aromatic rings. The highest BCUT2D eigenvalue weighted by molar-refractivity contribution is 7.17. The fourth-order valence-corrected chi connectivity index (χ4v) is 3.11. The number of thiophene rings is 1. The summed E-state index contributed by atoms with van der Waals surface area (Å²) in [4.78, 5) is 11.8. The maximum atomic E-state index is 11.8. The van der Waals surface area contributed by atoms with Gasteiger partial charge in [-0.05, 0) is 41.6 Å². The van der Waals surface area contributed by atoms with Gasteiger partial charge in [-0.1, -0.05) is 29.8 Å². The molecule has 4 heteroatoms. The number of fused-ring (bicyclic) bond motifs is 1. The van der Waals surface area contributed by atoms with E-state index in [1.54, 1.807) is 11.3 Å². The summed E-state index contributed by atoms with van der Waals surface area (Å²) in [7, 11) is 0.